The average Bonchev–Trinajstić information content (AvgIpc) is 3.54. The molecule has 0 amide bonds. The molecule has 33 heavy (non-hydrogen) atoms. The Hall–Kier alpha value is -4.27. The molecule has 9 nitrogen and oxygen atoms in total. The highest BCUT2D eigenvalue weighted by Gasteiger charge is 2.30. The van der Waals surface area contributed by atoms with E-state index < -0.39 is 5.97 Å². The van der Waals surface area contributed by atoms with E-state index in [9.17, 15) is 9.59 Å². The van der Waals surface area contributed by atoms with Gasteiger partial charge >= 0.3 is 5.97 Å². The molecule has 0 unspecified atom stereocenters. The zero-order chi connectivity index (χ0) is 22.9. The molecule has 0 bridgehead atoms. The molecule has 5 rings (SSSR count). The number of carbonyl (C=O) groups excluding carboxylic acids is 2. The Morgan fingerprint density at radius 1 is 1.15 bits per heavy atom. The molecule has 0 saturated carbocycles. The highest BCUT2D eigenvalue weighted by atomic mass is 16.7. The Kier molecular flexibility index (Phi) is 5.21. The summed E-state index contributed by atoms with van der Waals surface area (Å²) in [4.78, 5) is 25.1. The normalized spacial score (nSPS) is 14.8. The Balaban J connectivity index is 1.29. The van der Waals surface area contributed by atoms with Crippen LogP contribution in [0.15, 0.2) is 46.7 Å². The zero-order valence-electron chi connectivity index (χ0n) is 17.9. The largest absolute Gasteiger partial charge is 0.479 e. The maximum Gasteiger partial charge on any atom is 0.311 e. The molecule has 1 aromatic heterocycles. The van der Waals surface area contributed by atoms with Crippen LogP contribution < -0.4 is 23.7 Å². The Morgan fingerprint density at radius 2 is 2.00 bits per heavy atom. The number of esters is 1. The molecule has 3 aromatic rings. The number of rotatable bonds is 6. The summed E-state index contributed by atoms with van der Waals surface area (Å²) in [5.74, 6) is 2.31. The van der Waals surface area contributed by atoms with Crippen molar-refractivity contribution in [1.82, 2.24) is 5.16 Å². The van der Waals surface area contributed by atoms with Gasteiger partial charge in [-0.1, -0.05) is 6.07 Å². The van der Waals surface area contributed by atoms with Gasteiger partial charge in [0.05, 0.1) is 19.1 Å². The van der Waals surface area contributed by atoms with Crippen molar-refractivity contribution in [3.05, 3.63) is 64.6 Å². The van der Waals surface area contributed by atoms with Crippen molar-refractivity contribution in [2.75, 3.05) is 13.9 Å². The van der Waals surface area contributed by atoms with Crippen molar-refractivity contribution in [3.63, 3.8) is 0 Å². The molecule has 2 aliphatic heterocycles. The number of ether oxygens (including phenoxy) is 5. The standard InChI is InChI=1S/C24H19NO8/c1-13-17(31-22(26)8-4-15-11-21(28-2)25-33-15)7-5-16-23(27)20(32-24(13)16)10-14-3-6-18-19(9-14)30-12-29-18/h3,5-7,9-11H,4,8,12H2,1-2H3/b20-10-. The second kappa shape index (κ2) is 8.34. The lowest BCUT2D eigenvalue weighted by molar-refractivity contribution is -0.134. The van der Waals surface area contributed by atoms with Crippen molar-refractivity contribution in [2.45, 2.75) is 19.8 Å². The molecule has 9 heteroatoms. The minimum Gasteiger partial charge on any atom is -0.479 e. The fraction of sp³-hybridized carbons (Fsp3) is 0.208. The first-order chi connectivity index (χ1) is 16.0. The molecule has 0 atom stereocenters. The molecule has 2 aliphatic rings. The minimum absolute atomic E-state index is 0.0872. The molecule has 2 aromatic carbocycles. The number of benzene rings is 2. The summed E-state index contributed by atoms with van der Waals surface area (Å²) in [7, 11) is 1.48. The van der Waals surface area contributed by atoms with E-state index in [-0.39, 0.29) is 24.8 Å². The highest BCUT2D eigenvalue weighted by Crippen LogP contribution is 2.40. The topological polar surface area (TPSA) is 106 Å². The number of aryl methyl sites for hydroxylation is 1. The van der Waals surface area contributed by atoms with Crippen LogP contribution in [0.25, 0.3) is 6.08 Å². The van der Waals surface area contributed by atoms with Gasteiger partial charge < -0.3 is 28.2 Å². The van der Waals surface area contributed by atoms with Crippen LogP contribution in [0.1, 0.15) is 33.7 Å². The molecular formula is C24H19NO8. The molecule has 0 fully saturated rings. The molecule has 0 radical (unpaired) electrons. The molecule has 0 saturated heterocycles. The first kappa shape index (κ1) is 20.6. The molecular weight excluding hydrogens is 430 g/mol. The second-order valence-corrected chi connectivity index (χ2v) is 7.43. The van der Waals surface area contributed by atoms with Gasteiger partial charge in [0.15, 0.2) is 17.3 Å². The van der Waals surface area contributed by atoms with E-state index in [1.165, 1.54) is 7.11 Å². The summed E-state index contributed by atoms with van der Waals surface area (Å²) in [6, 6.07) is 10.2. The van der Waals surface area contributed by atoms with Crippen molar-refractivity contribution in [3.8, 4) is 28.9 Å². The van der Waals surface area contributed by atoms with E-state index in [2.05, 4.69) is 5.16 Å². The molecule has 0 aliphatic carbocycles. The summed E-state index contributed by atoms with van der Waals surface area (Å²) >= 11 is 0. The van der Waals surface area contributed by atoms with Crippen molar-refractivity contribution < 1.29 is 37.8 Å². The number of fused-ring (bicyclic) bond motifs is 2. The van der Waals surface area contributed by atoms with Gasteiger partial charge in [0.2, 0.25) is 12.6 Å². The maximum atomic E-state index is 12.8. The first-order valence-electron chi connectivity index (χ1n) is 10.2. The monoisotopic (exact) mass is 449 g/mol. The van der Waals surface area contributed by atoms with E-state index in [1.54, 1.807) is 43.3 Å². The summed E-state index contributed by atoms with van der Waals surface area (Å²) in [5.41, 5.74) is 1.71. The third-order valence-electron chi connectivity index (χ3n) is 5.28. The third kappa shape index (κ3) is 4.00. The predicted molar refractivity (Wildman–Crippen MR) is 114 cm³/mol. The van der Waals surface area contributed by atoms with Gasteiger partial charge in [-0.15, -0.1) is 0 Å². The molecule has 0 N–H and O–H groups in total. The molecule has 3 heterocycles. The summed E-state index contributed by atoms with van der Waals surface area (Å²) in [6.45, 7) is 1.91. The van der Waals surface area contributed by atoms with Crippen molar-refractivity contribution in [2.24, 2.45) is 0 Å². The van der Waals surface area contributed by atoms with Crippen LogP contribution in [0.5, 0.6) is 28.9 Å². The number of methoxy groups -OCH3 is 1. The summed E-state index contributed by atoms with van der Waals surface area (Å²) < 4.78 is 32.1. The van der Waals surface area contributed by atoms with Gasteiger partial charge in [0.1, 0.15) is 17.3 Å². The third-order valence-corrected chi connectivity index (χ3v) is 5.28. The number of allylic oxidation sites excluding steroid dienone is 1. The van der Waals surface area contributed by atoms with Crippen LogP contribution in [-0.4, -0.2) is 30.8 Å². The van der Waals surface area contributed by atoms with Crippen LogP contribution >= 0.6 is 0 Å². The lowest BCUT2D eigenvalue weighted by atomic mass is 10.1. The van der Waals surface area contributed by atoms with E-state index in [4.69, 9.17) is 28.2 Å². The van der Waals surface area contributed by atoms with Gasteiger partial charge in [0.25, 0.3) is 5.88 Å². The van der Waals surface area contributed by atoms with Crippen LogP contribution in [0.2, 0.25) is 0 Å². The minimum atomic E-state index is -0.450. The fourth-order valence-electron chi connectivity index (χ4n) is 3.54. The van der Waals surface area contributed by atoms with E-state index in [1.807, 2.05) is 6.07 Å². The summed E-state index contributed by atoms with van der Waals surface area (Å²) in [5, 5.41) is 3.69. The second-order valence-electron chi connectivity index (χ2n) is 7.43. The quantitative estimate of drug-likeness (QED) is 0.315. The van der Waals surface area contributed by atoms with Crippen molar-refractivity contribution in [1.29, 1.82) is 0 Å². The van der Waals surface area contributed by atoms with Gasteiger partial charge in [-0.05, 0) is 48.0 Å². The van der Waals surface area contributed by atoms with Gasteiger partial charge in [0, 0.05) is 18.1 Å². The van der Waals surface area contributed by atoms with Crippen molar-refractivity contribution >= 4 is 17.8 Å². The van der Waals surface area contributed by atoms with Crippen LogP contribution in [0.4, 0.5) is 0 Å². The van der Waals surface area contributed by atoms with Gasteiger partial charge in [-0.2, -0.15) is 0 Å². The average molecular weight is 449 g/mol. The zero-order valence-corrected chi connectivity index (χ0v) is 17.9. The maximum absolute atomic E-state index is 12.8. The Labute approximate surface area is 188 Å². The number of aromatic nitrogens is 1. The van der Waals surface area contributed by atoms with Crippen LogP contribution in [0.3, 0.4) is 0 Å². The first-order valence-corrected chi connectivity index (χ1v) is 10.2. The fourth-order valence-corrected chi connectivity index (χ4v) is 3.54. The predicted octanol–water partition coefficient (Wildman–Crippen LogP) is 3.87. The number of Topliss-reactive ketones (excluding diaryl/α,β-unsaturated/α-hetero) is 1. The van der Waals surface area contributed by atoms with E-state index in [0.29, 0.717) is 52.2 Å². The Bertz CT molecular complexity index is 1290. The number of hydrogen-bond acceptors (Lipinski definition) is 9. The number of nitrogens with zero attached hydrogens (tertiary/aromatic N) is 1. The number of carbonyl (C=O) groups is 2. The van der Waals surface area contributed by atoms with Gasteiger partial charge in [-0.25, -0.2) is 0 Å². The van der Waals surface area contributed by atoms with E-state index in [0.717, 1.165) is 5.56 Å². The Morgan fingerprint density at radius 3 is 2.82 bits per heavy atom. The van der Waals surface area contributed by atoms with Gasteiger partial charge in [-0.3, -0.25) is 9.59 Å². The molecule has 168 valence electrons. The SMILES string of the molecule is COc1cc(CCC(=O)Oc2ccc3c(c2C)O/C(=C\c2ccc4c(c2)OCO4)C3=O)on1. The van der Waals surface area contributed by atoms with E-state index >= 15 is 0 Å². The van der Waals surface area contributed by atoms with Crippen LogP contribution in [0, 0.1) is 6.92 Å². The lowest BCUT2D eigenvalue weighted by Gasteiger charge is -2.09. The smallest absolute Gasteiger partial charge is 0.311 e. The lowest BCUT2D eigenvalue weighted by Crippen LogP contribution is -2.10. The molecule has 0 spiro atoms. The highest BCUT2D eigenvalue weighted by molar-refractivity contribution is 6.15. The van der Waals surface area contributed by atoms with Crippen LogP contribution in [-0.2, 0) is 11.2 Å². The number of hydrogen-bond donors (Lipinski definition) is 0. The number of ketones is 1. The summed E-state index contributed by atoms with van der Waals surface area (Å²) in [6.07, 6.45) is 2.04.